The molecule has 0 bridgehead atoms. The zero-order chi connectivity index (χ0) is 29.9. The van der Waals surface area contributed by atoms with E-state index in [2.05, 4.69) is 5.32 Å². The largest absolute Gasteiger partial charge is 0.455 e. The van der Waals surface area contributed by atoms with Gasteiger partial charge in [0.2, 0.25) is 17.7 Å². The zero-order valence-electron chi connectivity index (χ0n) is 24.3. The van der Waals surface area contributed by atoms with E-state index >= 15 is 0 Å². The van der Waals surface area contributed by atoms with Crippen LogP contribution >= 0.6 is 0 Å². The van der Waals surface area contributed by atoms with Gasteiger partial charge in [-0.2, -0.15) is 0 Å². The minimum Gasteiger partial charge on any atom is -0.455 e. The first-order chi connectivity index (χ1) is 20.3. The maximum atomic E-state index is 14.3. The topological polar surface area (TPSA) is 125 Å². The SMILES string of the molecule is CC(C)N1CC=C[C@@]23O[C@H]4/C=C\CCC(=O)NC[C@H](c5ccccc5)OC(=O)[C@H]4[C@@H]2C(=O)N(CCCCCO)[C@H]3C1=O. The number of fused-ring (bicyclic) bond motifs is 2. The number of benzene rings is 1. The Kier molecular flexibility index (Phi) is 9.13. The number of nitrogens with zero attached hydrogens (tertiary/aromatic N) is 2. The quantitative estimate of drug-likeness (QED) is 0.289. The Morgan fingerprint density at radius 3 is 2.57 bits per heavy atom. The minimum atomic E-state index is -1.34. The molecule has 6 atom stereocenters. The number of aliphatic hydroxyl groups is 1. The monoisotopic (exact) mass is 579 g/mol. The van der Waals surface area contributed by atoms with Gasteiger partial charge in [0, 0.05) is 32.2 Å². The number of hydrogen-bond acceptors (Lipinski definition) is 7. The van der Waals surface area contributed by atoms with Gasteiger partial charge in [-0.1, -0.05) is 54.6 Å². The molecule has 226 valence electrons. The van der Waals surface area contributed by atoms with Crippen molar-refractivity contribution in [2.45, 2.75) is 75.8 Å². The molecule has 0 aliphatic carbocycles. The van der Waals surface area contributed by atoms with E-state index in [-0.39, 0.29) is 43.3 Å². The molecule has 4 heterocycles. The fourth-order valence-electron chi connectivity index (χ4n) is 6.70. The molecule has 0 radical (unpaired) electrons. The lowest BCUT2D eigenvalue weighted by Crippen LogP contribution is -2.56. The van der Waals surface area contributed by atoms with Gasteiger partial charge in [0.15, 0.2) is 0 Å². The van der Waals surface area contributed by atoms with Gasteiger partial charge in [0.1, 0.15) is 23.7 Å². The Bertz CT molecular complexity index is 1230. The van der Waals surface area contributed by atoms with Crippen molar-refractivity contribution >= 4 is 23.7 Å². The van der Waals surface area contributed by atoms with E-state index in [1.165, 1.54) is 0 Å². The first kappa shape index (κ1) is 30.0. The van der Waals surface area contributed by atoms with Crippen molar-refractivity contribution in [3.05, 3.63) is 60.2 Å². The van der Waals surface area contributed by atoms with Crippen LogP contribution in [0, 0.1) is 11.8 Å². The fraction of sp³-hybridized carbons (Fsp3) is 0.562. The lowest BCUT2D eigenvalue weighted by atomic mass is 9.77. The molecule has 2 fully saturated rings. The van der Waals surface area contributed by atoms with Crippen molar-refractivity contribution in [1.82, 2.24) is 15.1 Å². The second-order valence-electron chi connectivity index (χ2n) is 11.8. The average Bonchev–Trinajstić information content (AvgIpc) is 3.35. The summed E-state index contributed by atoms with van der Waals surface area (Å²) in [5.74, 6) is -3.21. The van der Waals surface area contributed by atoms with Crippen LogP contribution in [0.3, 0.4) is 0 Å². The fourth-order valence-corrected chi connectivity index (χ4v) is 6.70. The number of carbonyl (C=O) groups excluding carboxylic acids is 4. The maximum absolute atomic E-state index is 14.3. The standard InChI is InChI=1S/C32H41N3O7/c1-21(2)34-18-11-16-32-27(29(38)35(28(32)30(34)39)17-9-4-10-19-36)26-23(42-32)14-7-8-15-25(37)33-20-24(41-31(26)40)22-12-5-3-6-13-22/h3,5-7,11-14,16,21,23-24,26-28,36H,4,8-10,15,17-20H2,1-2H3,(H,33,37)/b14-7-/t23-,24+,26+,27+,28-,32+/m0/s1. The van der Waals surface area contributed by atoms with Crippen LogP contribution in [0.1, 0.15) is 57.6 Å². The third-order valence-electron chi connectivity index (χ3n) is 8.76. The van der Waals surface area contributed by atoms with Gasteiger partial charge in [0.05, 0.1) is 18.6 Å². The molecule has 0 saturated carbocycles. The summed E-state index contributed by atoms with van der Waals surface area (Å²) >= 11 is 0. The van der Waals surface area contributed by atoms with Crippen molar-refractivity contribution in [3.8, 4) is 0 Å². The highest BCUT2D eigenvalue weighted by atomic mass is 16.6. The molecule has 0 aromatic heterocycles. The summed E-state index contributed by atoms with van der Waals surface area (Å²) < 4.78 is 12.8. The van der Waals surface area contributed by atoms with E-state index < -0.39 is 41.7 Å². The average molecular weight is 580 g/mol. The summed E-state index contributed by atoms with van der Waals surface area (Å²) in [6.07, 6.45) is 8.25. The van der Waals surface area contributed by atoms with Crippen LogP contribution < -0.4 is 5.32 Å². The van der Waals surface area contributed by atoms with Crippen molar-refractivity contribution in [2.75, 3.05) is 26.2 Å². The summed E-state index contributed by atoms with van der Waals surface area (Å²) in [5.41, 5.74) is -0.619. The lowest BCUT2D eigenvalue weighted by molar-refractivity contribution is -0.160. The molecule has 1 spiro atoms. The van der Waals surface area contributed by atoms with Gasteiger partial charge in [-0.15, -0.1) is 0 Å². The molecule has 42 heavy (non-hydrogen) atoms. The van der Waals surface area contributed by atoms with Gasteiger partial charge in [0.25, 0.3) is 0 Å². The number of esters is 1. The maximum Gasteiger partial charge on any atom is 0.313 e. The van der Waals surface area contributed by atoms with Crippen LogP contribution in [0.2, 0.25) is 0 Å². The summed E-state index contributed by atoms with van der Waals surface area (Å²) in [5, 5.41) is 12.1. The summed E-state index contributed by atoms with van der Waals surface area (Å²) in [6, 6.07) is 8.17. The number of aliphatic hydroxyl groups excluding tert-OH is 1. The highest BCUT2D eigenvalue weighted by molar-refractivity contribution is 5.99. The van der Waals surface area contributed by atoms with Crippen LogP contribution in [0.5, 0.6) is 0 Å². The number of rotatable bonds is 7. The number of likely N-dealkylation sites (tertiary alicyclic amines) is 1. The number of cyclic esters (lactones) is 1. The Morgan fingerprint density at radius 2 is 1.83 bits per heavy atom. The number of hydrogen-bond donors (Lipinski definition) is 2. The second-order valence-corrected chi connectivity index (χ2v) is 11.8. The minimum absolute atomic E-state index is 0.0564. The summed E-state index contributed by atoms with van der Waals surface area (Å²) in [6.45, 7) is 4.72. The van der Waals surface area contributed by atoms with E-state index in [1.54, 1.807) is 22.0 Å². The third kappa shape index (κ3) is 5.62. The molecular weight excluding hydrogens is 538 g/mol. The molecule has 1 aromatic carbocycles. The van der Waals surface area contributed by atoms with Gasteiger partial charge >= 0.3 is 5.97 Å². The predicted molar refractivity (Wildman–Crippen MR) is 154 cm³/mol. The normalized spacial score (nSPS) is 32.3. The van der Waals surface area contributed by atoms with Gasteiger partial charge < -0.3 is 29.7 Å². The van der Waals surface area contributed by atoms with Crippen LogP contribution in [0.15, 0.2) is 54.6 Å². The van der Waals surface area contributed by atoms with Gasteiger partial charge in [-0.3, -0.25) is 19.2 Å². The molecule has 4 aliphatic rings. The first-order valence-corrected chi connectivity index (χ1v) is 15.0. The molecule has 3 amide bonds. The van der Waals surface area contributed by atoms with Crippen LogP contribution in [0.25, 0.3) is 0 Å². The number of allylic oxidation sites excluding steroid dienone is 1. The number of nitrogens with one attached hydrogen (secondary N) is 1. The van der Waals surface area contributed by atoms with Crippen LogP contribution in [-0.2, 0) is 28.7 Å². The Labute approximate surface area is 246 Å². The molecule has 4 aliphatic heterocycles. The highest BCUT2D eigenvalue weighted by Crippen LogP contribution is 2.53. The third-order valence-corrected chi connectivity index (χ3v) is 8.76. The molecular formula is C32H41N3O7. The van der Waals surface area contributed by atoms with Crippen molar-refractivity contribution in [1.29, 1.82) is 0 Å². The zero-order valence-corrected chi connectivity index (χ0v) is 24.3. The molecule has 10 heteroatoms. The number of carbonyl (C=O) groups is 4. The van der Waals surface area contributed by atoms with E-state index in [0.717, 1.165) is 5.56 Å². The summed E-state index contributed by atoms with van der Waals surface area (Å²) in [4.78, 5) is 58.4. The lowest BCUT2D eigenvalue weighted by Gasteiger charge is -2.36. The molecule has 10 nitrogen and oxygen atoms in total. The highest BCUT2D eigenvalue weighted by Gasteiger charge is 2.71. The van der Waals surface area contributed by atoms with E-state index in [1.807, 2.05) is 56.3 Å². The molecule has 0 unspecified atom stereocenters. The number of unbranched alkanes of at least 4 members (excludes halogenated alkanes) is 2. The van der Waals surface area contributed by atoms with Crippen molar-refractivity contribution in [3.63, 3.8) is 0 Å². The van der Waals surface area contributed by atoms with E-state index in [9.17, 15) is 24.3 Å². The van der Waals surface area contributed by atoms with E-state index in [0.29, 0.717) is 38.8 Å². The Balaban J connectivity index is 1.55. The molecule has 2 saturated heterocycles. The molecule has 2 N–H and O–H groups in total. The van der Waals surface area contributed by atoms with Crippen molar-refractivity contribution in [2.24, 2.45) is 11.8 Å². The molecule has 5 rings (SSSR count). The van der Waals surface area contributed by atoms with Crippen LogP contribution in [-0.4, -0.2) is 88.6 Å². The smallest absolute Gasteiger partial charge is 0.313 e. The summed E-state index contributed by atoms with van der Waals surface area (Å²) in [7, 11) is 0. The molecule has 1 aromatic rings. The number of ether oxygens (including phenoxy) is 2. The Hall–Kier alpha value is -3.50. The number of amides is 3. The second kappa shape index (κ2) is 12.8. The van der Waals surface area contributed by atoms with Crippen LogP contribution in [0.4, 0.5) is 0 Å². The van der Waals surface area contributed by atoms with Gasteiger partial charge in [-0.25, -0.2) is 0 Å². The Morgan fingerprint density at radius 1 is 1.05 bits per heavy atom. The predicted octanol–water partition coefficient (Wildman–Crippen LogP) is 2.29. The van der Waals surface area contributed by atoms with E-state index in [4.69, 9.17) is 9.47 Å². The first-order valence-electron chi connectivity index (χ1n) is 15.0. The van der Waals surface area contributed by atoms with Gasteiger partial charge in [-0.05, 0) is 45.1 Å². The van der Waals surface area contributed by atoms with Crippen molar-refractivity contribution < 1.29 is 33.8 Å².